The summed E-state index contributed by atoms with van der Waals surface area (Å²) in [7, 11) is 1.56. The van der Waals surface area contributed by atoms with Crippen LogP contribution in [0.3, 0.4) is 0 Å². The van der Waals surface area contributed by atoms with E-state index in [1.54, 1.807) is 33.2 Å². The van der Waals surface area contributed by atoms with E-state index in [0.29, 0.717) is 39.5 Å². The molecule has 9 nitrogen and oxygen atoms in total. The maximum atomic E-state index is 12.8. The molecule has 0 fully saturated rings. The second kappa shape index (κ2) is 9.96. The molecule has 0 saturated heterocycles. The molecule has 32 heavy (non-hydrogen) atoms. The first-order valence-corrected chi connectivity index (χ1v) is 10.3. The Morgan fingerprint density at radius 2 is 2.03 bits per heavy atom. The molecular formula is C22H23ClN6O3. The number of ether oxygens (including phenoxy) is 1. The van der Waals surface area contributed by atoms with Gasteiger partial charge in [0.15, 0.2) is 5.82 Å². The van der Waals surface area contributed by atoms with Crippen LogP contribution in [-0.2, 0) is 22.4 Å². The minimum absolute atomic E-state index is 0.0803. The normalized spacial score (nSPS) is 12.9. The molecule has 1 N–H and O–H groups in total. The number of halogens is 1. The van der Waals surface area contributed by atoms with E-state index in [2.05, 4.69) is 26.2 Å². The van der Waals surface area contributed by atoms with Crippen LogP contribution >= 0.6 is 11.6 Å². The number of aliphatic hydroxyl groups is 1. The zero-order chi connectivity index (χ0) is 23.4. The van der Waals surface area contributed by atoms with Gasteiger partial charge in [0.25, 0.3) is 0 Å². The molecule has 3 aromatic heterocycles. The summed E-state index contributed by atoms with van der Waals surface area (Å²) in [5, 5.41) is 27.6. The smallest absolute Gasteiger partial charge is 0.193 e. The molecule has 0 amide bonds. The lowest BCUT2D eigenvalue weighted by Gasteiger charge is -2.17. The second-order valence-electron chi connectivity index (χ2n) is 7.42. The maximum absolute atomic E-state index is 12.8. The molecular weight excluding hydrogens is 432 g/mol. The average Bonchev–Trinajstić information content (AvgIpc) is 3.24. The lowest BCUT2D eigenvalue weighted by atomic mass is 9.94. The van der Waals surface area contributed by atoms with Crippen molar-refractivity contribution in [2.24, 2.45) is 0 Å². The summed E-state index contributed by atoms with van der Waals surface area (Å²) in [6, 6.07) is 3.81. The number of pyridine rings is 2. The Morgan fingerprint density at radius 1 is 1.28 bits per heavy atom. The van der Waals surface area contributed by atoms with Crippen LogP contribution < -0.4 is 0 Å². The number of ketones is 1. The lowest BCUT2D eigenvalue weighted by molar-refractivity contribution is -0.117. The van der Waals surface area contributed by atoms with Gasteiger partial charge in [-0.25, -0.2) is 4.98 Å². The first kappa shape index (κ1) is 23.5. The molecule has 0 aliphatic carbocycles. The molecule has 3 heterocycles. The summed E-state index contributed by atoms with van der Waals surface area (Å²) in [6.45, 7) is 5.17. The molecule has 3 aromatic rings. The van der Waals surface area contributed by atoms with Crippen LogP contribution in [0.1, 0.15) is 59.7 Å². The highest BCUT2D eigenvalue weighted by Crippen LogP contribution is 2.27. The number of aromatic nitrogens is 5. The van der Waals surface area contributed by atoms with Crippen LogP contribution in [0.5, 0.6) is 0 Å². The van der Waals surface area contributed by atoms with Gasteiger partial charge >= 0.3 is 0 Å². The van der Waals surface area contributed by atoms with E-state index < -0.39 is 6.10 Å². The molecule has 166 valence electrons. The van der Waals surface area contributed by atoms with Crippen molar-refractivity contribution in [1.29, 1.82) is 5.26 Å². The van der Waals surface area contributed by atoms with Gasteiger partial charge in [-0.2, -0.15) is 10.4 Å². The fourth-order valence-electron chi connectivity index (χ4n) is 3.31. The highest BCUT2D eigenvalue weighted by atomic mass is 35.5. The van der Waals surface area contributed by atoms with Crippen molar-refractivity contribution >= 4 is 17.4 Å². The van der Waals surface area contributed by atoms with Gasteiger partial charge in [0, 0.05) is 37.9 Å². The van der Waals surface area contributed by atoms with Crippen LogP contribution in [-0.4, -0.2) is 43.0 Å². The number of nitriles is 1. The first-order valence-electron chi connectivity index (χ1n) is 9.93. The number of hydrogen-bond donors (Lipinski definition) is 1. The summed E-state index contributed by atoms with van der Waals surface area (Å²) in [4.78, 5) is 22.6. The zero-order valence-electron chi connectivity index (χ0n) is 18.2. The Kier molecular flexibility index (Phi) is 7.30. The SMILES string of the molecule is CO[C@@H](C)c1c(CC(=O)Cc2cnc(-n3ncc([C@@H](C)O)n3)c(Cl)c2)cnc(C)c1C#N. The summed E-state index contributed by atoms with van der Waals surface area (Å²) in [6.07, 6.45) is 3.69. The van der Waals surface area contributed by atoms with E-state index in [-0.39, 0.29) is 29.8 Å². The minimum Gasteiger partial charge on any atom is -0.387 e. The number of hydrogen-bond acceptors (Lipinski definition) is 8. The lowest BCUT2D eigenvalue weighted by Crippen LogP contribution is -2.13. The number of Topliss-reactive ketones (excluding diaryl/α,β-unsaturated/α-hetero) is 1. The predicted molar refractivity (Wildman–Crippen MR) is 116 cm³/mol. The number of aliphatic hydroxyl groups excluding tert-OH is 1. The molecule has 0 saturated carbocycles. The minimum atomic E-state index is -0.761. The number of carbonyl (C=O) groups excluding carboxylic acids is 1. The fraction of sp³-hybridized carbons (Fsp3) is 0.364. The van der Waals surface area contributed by atoms with Gasteiger partial charge in [-0.05, 0) is 38.0 Å². The van der Waals surface area contributed by atoms with Crippen molar-refractivity contribution in [3.8, 4) is 11.9 Å². The molecule has 0 spiro atoms. The van der Waals surface area contributed by atoms with Gasteiger partial charge < -0.3 is 9.84 Å². The largest absolute Gasteiger partial charge is 0.387 e. The maximum Gasteiger partial charge on any atom is 0.193 e. The number of methoxy groups -OCH3 is 1. The van der Waals surface area contributed by atoms with Gasteiger partial charge in [-0.3, -0.25) is 9.78 Å². The van der Waals surface area contributed by atoms with Crippen LogP contribution in [0.4, 0.5) is 0 Å². The fourth-order valence-corrected chi connectivity index (χ4v) is 3.58. The number of carbonyl (C=O) groups is 1. The van der Waals surface area contributed by atoms with Crippen molar-refractivity contribution in [3.63, 3.8) is 0 Å². The summed E-state index contributed by atoms with van der Waals surface area (Å²) >= 11 is 6.34. The third kappa shape index (κ3) is 4.99. The third-order valence-corrected chi connectivity index (χ3v) is 5.34. The number of rotatable bonds is 8. The molecule has 0 radical (unpaired) electrons. The molecule has 0 unspecified atom stereocenters. The summed E-state index contributed by atoms with van der Waals surface area (Å²) in [5.74, 6) is 0.218. The Morgan fingerprint density at radius 3 is 2.62 bits per heavy atom. The van der Waals surface area contributed by atoms with Crippen molar-refractivity contribution in [2.75, 3.05) is 7.11 Å². The summed E-state index contributed by atoms with van der Waals surface area (Å²) in [5.41, 5.74) is 3.40. The van der Waals surface area contributed by atoms with Crippen LogP contribution in [0.2, 0.25) is 5.02 Å². The van der Waals surface area contributed by atoms with Gasteiger partial charge in [-0.1, -0.05) is 11.6 Å². The van der Waals surface area contributed by atoms with Crippen molar-refractivity contribution < 1.29 is 14.6 Å². The summed E-state index contributed by atoms with van der Waals surface area (Å²) < 4.78 is 5.41. The van der Waals surface area contributed by atoms with Crippen LogP contribution in [0, 0.1) is 18.3 Å². The Labute approximate surface area is 190 Å². The van der Waals surface area contributed by atoms with Gasteiger partial charge in [0.05, 0.1) is 34.7 Å². The molecule has 0 aliphatic rings. The third-order valence-electron chi connectivity index (χ3n) is 5.06. The topological polar surface area (TPSA) is 127 Å². The Bertz CT molecular complexity index is 1180. The monoisotopic (exact) mass is 454 g/mol. The highest BCUT2D eigenvalue weighted by Gasteiger charge is 2.20. The predicted octanol–water partition coefficient (Wildman–Crippen LogP) is 3.01. The molecule has 2 atom stereocenters. The molecule has 0 bridgehead atoms. The quantitative estimate of drug-likeness (QED) is 0.550. The Hall–Kier alpha value is -3.19. The molecule has 0 aliphatic heterocycles. The van der Waals surface area contributed by atoms with Gasteiger partial charge in [0.1, 0.15) is 17.5 Å². The standard InChI is InChI=1S/C22H23ClN6O3/c1-12-18(8-24)21(14(3)32-4)16(10-25-12)7-17(31)5-15-6-19(23)22(26-9-15)29-27-11-20(28-29)13(2)30/h6,9-11,13-14,30H,5,7H2,1-4H3/t13-,14+/m1/s1. The zero-order valence-corrected chi connectivity index (χ0v) is 19.0. The number of nitrogens with zero attached hydrogens (tertiary/aromatic N) is 6. The first-order chi connectivity index (χ1) is 15.2. The molecule has 0 aromatic carbocycles. The second-order valence-corrected chi connectivity index (χ2v) is 7.83. The van der Waals surface area contributed by atoms with Crippen LogP contribution in [0.25, 0.3) is 5.82 Å². The van der Waals surface area contributed by atoms with E-state index in [1.807, 2.05) is 6.92 Å². The highest BCUT2D eigenvalue weighted by molar-refractivity contribution is 6.32. The van der Waals surface area contributed by atoms with E-state index in [1.165, 1.54) is 17.2 Å². The van der Waals surface area contributed by atoms with Crippen molar-refractivity contribution in [1.82, 2.24) is 25.0 Å². The molecule has 3 rings (SSSR count). The van der Waals surface area contributed by atoms with Crippen LogP contribution in [0.15, 0.2) is 24.7 Å². The van der Waals surface area contributed by atoms with E-state index in [0.717, 1.165) is 0 Å². The van der Waals surface area contributed by atoms with E-state index in [9.17, 15) is 15.2 Å². The average molecular weight is 455 g/mol. The van der Waals surface area contributed by atoms with Crippen molar-refractivity contribution in [2.45, 2.75) is 45.8 Å². The van der Waals surface area contributed by atoms with E-state index in [4.69, 9.17) is 16.3 Å². The molecule has 10 heteroatoms. The van der Waals surface area contributed by atoms with Crippen molar-refractivity contribution in [3.05, 3.63) is 63.3 Å². The Balaban J connectivity index is 1.80. The van der Waals surface area contributed by atoms with Gasteiger partial charge in [-0.15, -0.1) is 9.90 Å². The van der Waals surface area contributed by atoms with Gasteiger partial charge in [0.2, 0.25) is 0 Å². The number of aryl methyl sites for hydroxylation is 1. The van der Waals surface area contributed by atoms with E-state index >= 15 is 0 Å².